The Bertz CT molecular complexity index is 887. The van der Waals surface area contributed by atoms with Gasteiger partial charge in [-0.3, -0.25) is 4.79 Å². The first-order chi connectivity index (χ1) is 13.9. The van der Waals surface area contributed by atoms with Crippen LogP contribution in [-0.4, -0.2) is 27.0 Å². The van der Waals surface area contributed by atoms with Crippen molar-refractivity contribution in [2.75, 3.05) is 0 Å². The molecule has 2 aromatic rings. The zero-order chi connectivity index (χ0) is 20.2. The lowest BCUT2D eigenvalue weighted by atomic mass is 9.49. The summed E-state index contributed by atoms with van der Waals surface area (Å²) in [6, 6.07) is 7.51. The first kappa shape index (κ1) is 19.1. The summed E-state index contributed by atoms with van der Waals surface area (Å²) < 4.78 is 5.90. The normalized spacial score (nSPS) is 30.1. The molecular weight excluding hydrogens is 386 g/mol. The van der Waals surface area contributed by atoms with Crippen LogP contribution >= 0.6 is 11.6 Å². The number of carbonyl (C=O) groups excluding carboxylic acids is 1. The number of rotatable bonds is 5. The largest absolute Gasteiger partial charge is 0.419 e. The molecule has 6 heteroatoms. The molecule has 154 valence electrons. The van der Waals surface area contributed by atoms with E-state index in [9.17, 15) is 4.79 Å². The molecule has 4 fully saturated rings. The lowest BCUT2D eigenvalue weighted by Crippen LogP contribution is -2.55. The molecule has 0 aliphatic heterocycles. The number of amides is 1. The Morgan fingerprint density at radius 2 is 1.76 bits per heavy atom. The van der Waals surface area contributed by atoms with Crippen LogP contribution in [0.2, 0.25) is 5.02 Å². The number of carbonyl (C=O) groups is 1. The third kappa shape index (κ3) is 3.37. The van der Waals surface area contributed by atoms with E-state index >= 15 is 0 Å². The summed E-state index contributed by atoms with van der Waals surface area (Å²) in [6.45, 7) is 4.50. The molecule has 1 amide bonds. The van der Waals surface area contributed by atoms with Crippen LogP contribution in [-0.2, 0) is 11.3 Å². The van der Waals surface area contributed by atoms with Crippen molar-refractivity contribution < 1.29 is 9.21 Å². The van der Waals surface area contributed by atoms with E-state index in [1.165, 1.54) is 19.3 Å². The van der Waals surface area contributed by atoms with Crippen LogP contribution in [0.4, 0.5) is 0 Å². The SMILES string of the molecule is CC(C)N(Cc1nnc(-c2ccccc2Cl)o1)C(=O)C12CC3CC(CC(C3)C1)C2. The van der Waals surface area contributed by atoms with Gasteiger partial charge in [-0.2, -0.15) is 0 Å². The summed E-state index contributed by atoms with van der Waals surface area (Å²) in [7, 11) is 0. The average Bonchev–Trinajstić information content (AvgIpc) is 3.13. The molecule has 0 spiro atoms. The Kier molecular flexibility index (Phi) is 4.69. The second kappa shape index (κ2) is 7.12. The van der Waals surface area contributed by atoms with E-state index in [0.717, 1.165) is 42.6 Å². The van der Waals surface area contributed by atoms with E-state index < -0.39 is 0 Å². The van der Waals surface area contributed by atoms with Crippen molar-refractivity contribution in [2.45, 2.75) is 65.0 Å². The molecule has 0 atom stereocenters. The van der Waals surface area contributed by atoms with E-state index in [2.05, 4.69) is 24.0 Å². The Labute approximate surface area is 176 Å². The van der Waals surface area contributed by atoms with Crippen LogP contribution < -0.4 is 0 Å². The maximum absolute atomic E-state index is 13.8. The summed E-state index contributed by atoms with van der Waals surface area (Å²) in [5, 5.41) is 8.96. The first-order valence-electron chi connectivity index (χ1n) is 10.8. The molecule has 6 rings (SSSR count). The van der Waals surface area contributed by atoms with Crippen LogP contribution in [0, 0.1) is 23.2 Å². The van der Waals surface area contributed by atoms with Crippen LogP contribution in [0.25, 0.3) is 11.5 Å². The maximum atomic E-state index is 13.8. The molecule has 1 heterocycles. The zero-order valence-electron chi connectivity index (χ0n) is 17.1. The molecule has 4 aliphatic carbocycles. The van der Waals surface area contributed by atoms with Gasteiger partial charge in [0.2, 0.25) is 17.7 Å². The van der Waals surface area contributed by atoms with E-state index in [0.29, 0.717) is 29.3 Å². The van der Waals surface area contributed by atoms with Gasteiger partial charge in [-0.25, -0.2) is 0 Å². The fourth-order valence-electron chi connectivity index (χ4n) is 6.37. The lowest BCUT2D eigenvalue weighted by Gasteiger charge is -2.56. The predicted molar refractivity (Wildman–Crippen MR) is 111 cm³/mol. The minimum absolute atomic E-state index is 0.0890. The quantitative estimate of drug-likeness (QED) is 0.663. The van der Waals surface area contributed by atoms with Gasteiger partial charge in [0.1, 0.15) is 0 Å². The molecule has 0 N–H and O–H groups in total. The van der Waals surface area contributed by atoms with Crippen molar-refractivity contribution in [1.82, 2.24) is 15.1 Å². The van der Waals surface area contributed by atoms with E-state index in [-0.39, 0.29) is 11.5 Å². The van der Waals surface area contributed by atoms with Crippen molar-refractivity contribution in [1.29, 1.82) is 0 Å². The Balaban J connectivity index is 1.38. The minimum atomic E-state index is -0.162. The van der Waals surface area contributed by atoms with Crippen LogP contribution in [0.15, 0.2) is 28.7 Å². The first-order valence-corrected chi connectivity index (χ1v) is 11.2. The molecule has 0 radical (unpaired) electrons. The van der Waals surface area contributed by atoms with Gasteiger partial charge in [-0.15, -0.1) is 10.2 Å². The fraction of sp³-hybridized carbons (Fsp3) is 0.609. The predicted octanol–water partition coefficient (Wildman–Crippen LogP) is 5.34. The van der Waals surface area contributed by atoms with Crippen LogP contribution in [0.5, 0.6) is 0 Å². The van der Waals surface area contributed by atoms with Gasteiger partial charge in [-0.05, 0) is 82.3 Å². The van der Waals surface area contributed by atoms with Gasteiger partial charge >= 0.3 is 0 Å². The van der Waals surface area contributed by atoms with Crippen molar-refractivity contribution in [3.8, 4) is 11.5 Å². The van der Waals surface area contributed by atoms with Crippen molar-refractivity contribution in [3.05, 3.63) is 35.2 Å². The molecule has 0 saturated heterocycles. The smallest absolute Gasteiger partial charge is 0.249 e. The van der Waals surface area contributed by atoms with Gasteiger partial charge in [0.25, 0.3) is 0 Å². The molecule has 5 nitrogen and oxygen atoms in total. The van der Waals surface area contributed by atoms with Crippen molar-refractivity contribution >= 4 is 17.5 Å². The number of aromatic nitrogens is 2. The van der Waals surface area contributed by atoms with Crippen LogP contribution in [0.3, 0.4) is 0 Å². The zero-order valence-corrected chi connectivity index (χ0v) is 17.9. The third-order valence-corrected chi connectivity index (χ3v) is 7.58. The van der Waals surface area contributed by atoms with Gasteiger partial charge < -0.3 is 9.32 Å². The number of hydrogen-bond donors (Lipinski definition) is 0. The van der Waals surface area contributed by atoms with Gasteiger partial charge in [0.05, 0.1) is 22.5 Å². The molecule has 1 aromatic carbocycles. The highest BCUT2D eigenvalue weighted by molar-refractivity contribution is 6.33. The number of benzene rings is 1. The van der Waals surface area contributed by atoms with E-state index in [1.54, 1.807) is 6.07 Å². The Morgan fingerprint density at radius 3 is 2.34 bits per heavy atom. The summed E-state index contributed by atoms with van der Waals surface area (Å²) in [5.74, 6) is 3.39. The maximum Gasteiger partial charge on any atom is 0.249 e. The van der Waals surface area contributed by atoms with E-state index in [4.69, 9.17) is 16.0 Å². The highest BCUT2D eigenvalue weighted by atomic mass is 35.5. The summed E-state index contributed by atoms with van der Waals surface area (Å²) in [4.78, 5) is 15.7. The molecular formula is C23H28ClN3O2. The molecule has 0 unspecified atom stereocenters. The average molecular weight is 414 g/mol. The standard InChI is InChI=1S/C23H28ClN3O2/c1-14(2)27(13-20-25-26-21(29-20)18-5-3-4-6-19(18)24)22(28)23-10-15-7-16(11-23)9-17(8-15)12-23/h3-6,14-17H,7-13H2,1-2H3. The molecule has 1 aromatic heterocycles. The van der Waals surface area contributed by atoms with Crippen LogP contribution in [0.1, 0.15) is 58.3 Å². The number of halogens is 1. The Morgan fingerprint density at radius 1 is 1.14 bits per heavy atom. The van der Waals surface area contributed by atoms with Gasteiger partial charge in [0.15, 0.2) is 0 Å². The van der Waals surface area contributed by atoms with E-state index in [1.807, 2.05) is 23.1 Å². The summed E-state index contributed by atoms with van der Waals surface area (Å²) in [6.07, 6.45) is 7.19. The summed E-state index contributed by atoms with van der Waals surface area (Å²) in [5.41, 5.74) is 0.557. The minimum Gasteiger partial charge on any atom is -0.419 e. The second-order valence-corrected chi connectivity index (χ2v) is 10.1. The molecule has 4 saturated carbocycles. The highest BCUT2D eigenvalue weighted by Gasteiger charge is 2.55. The third-order valence-electron chi connectivity index (χ3n) is 7.25. The van der Waals surface area contributed by atoms with Gasteiger partial charge in [-0.1, -0.05) is 23.7 Å². The molecule has 4 bridgehead atoms. The lowest BCUT2D eigenvalue weighted by molar-refractivity contribution is -0.160. The monoisotopic (exact) mass is 413 g/mol. The van der Waals surface area contributed by atoms with Crippen molar-refractivity contribution in [3.63, 3.8) is 0 Å². The topological polar surface area (TPSA) is 59.2 Å². The fourth-order valence-corrected chi connectivity index (χ4v) is 6.59. The van der Waals surface area contributed by atoms with Gasteiger partial charge in [0, 0.05) is 6.04 Å². The molecule has 29 heavy (non-hydrogen) atoms. The van der Waals surface area contributed by atoms with Crippen molar-refractivity contribution in [2.24, 2.45) is 23.2 Å². The number of nitrogens with zero attached hydrogens (tertiary/aromatic N) is 3. The molecule has 4 aliphatic rings. The number of hydrogen-bond acceptors (Lipinski definition) is 4. The highest BCUT2D eigenvalue weighted by Crippen LogP contribution is 2.60. The second-order valence-electron chi connectivity index (χ2n) is 9.71. The summed E-state index contributed by atoms with van der Waals surface area (Å²) >= 11 is 6.26. The Hall–Kier alpha value is -1.88.